The van der Waals surface area contributed by atoms with Crippen LogP contribution in [0, 0.1) is 0 Å². The quantitative estimate of drug-likeness (QED) is 0.905. The van der Waals surface area contributed by atoms with Crippen LogP contribution in [0.25, 0.3) is 11.0 Å². The molecule has 0 radical (unpaired) electrons. The summed E-state index contributed by atoms with van der Waals surface area (Å²) in [5.74, 6) is 0.532. The summed E-state index contributed by atoms with van der Waals surface area (Å²) in [6, 6.07) is 7.96. The number of nitrogens with zero attached hydrogens (tertiary/aromatic N) is 2. The van der Waals surface area contributed by atoms with Gasteiger partial charge in [0.1, 0.15) is 18.5 Å². The van der Waals surface area contributed by atoms with Crippen LogP contribution in [0.1, 0.15) is 44.5 Å². The van der Waals surface area contributed by atoms with Gasteiger partial charge in [0, 0.05) is 6.04 Å². The van der Waals surface area contributed by atoms with E-state index in [1.54, 1.807) is 6.92 Å². The Hall–Kier alpha value is -1.88. The van der Waals surface area contributed by atoms with E-state index in [0.29, 0.717) is 11.9 Å². The number of hydrogen-bond donors (Lipinski definition) is 2. The average Bonchev–Trinajstić information content (AvgIpc) is 3.07. The molecule has 3 rings (SSSR count). The largest absolute Gasteiger partial charge is 0.385 e. The van der Waals surface area contributed by atoms with Gasteiger partial charge in [0.15, 0.2) is 0 Å². The van der Waals surface area contributed by atoms with E-state index < -0.39 is 6.10 Å². The second kappa shape index (κ2) is 5.85. The Bertz CT molecular complexity index is 642. The van der Waals surface area contributed by atoms with Gasteiger partial charge in [-0.3, -0.25) is 4.79 Å². The van der Waals surface area contributed by atoms with E-state index in [2.05, 4.69) is 10.3 Å². The van der Waals surface area contributed by atoms with Crippen molar-refractivity contribution in [2.75, 3.05) is 0 Å². The van der Waals surface area contributed by atoms with Gasteiger partial charge in [-0.15, -0.1) is 0 Å². The standard InChI is InChI=1S/C16H21N3O2/c1-11(20)16-18-13-8-4-5-9-14(13)19(16)10-15(21)17-12-6-2-3-7-12/h4-5,8-9,11-12,20H,2-3,6-7,10H2,1H3,(H,17,21). The predicted octanol–water partition coefficient (Wildman–Crippen LogP) is 2.15. The third-order valence-electron chi connectivity index (χ3n) is 4.08. The fraction of sp³-hybridized carbons (Fsp3) is 0.500. The molecular weight excluding hydrogens is 266 g/mol. The van der Waals surface area contributed by atoms with Gasteiger partial charge in [0.2, 0.25) is 5.91 Å². The second-order valence-electron chi connectivity index (χ2n) is 5.77. The number of benzene rings is 1. The molecular formula is C16H21N3O2. The van der Waals surface area contributed by atoms with Crippen molar-refractivity contribution < 1.29 is 9.90 Å². The van der Waals surface area contributed by atoms with E-state index >= 15 is 0 Å². The van der Waals surface area contributed by atoms with Gasteiger partial charge in [0.25, 0.3) is 0 Å². The molecule has 1 aliphatic carbocycles. The minimum absolute atomic E-state index is 0.00745. The third kappa shape index (κ3) is 2.93. The monoisotopic (exact) mass is 287 g/mol. The number of carbonyl (C=O) groups excluding carboxylic acids is 1. The zero-order chi connectivity index (χ0) is 14.8. The molecule has 1 atom stereocenters. The van der Waals surface area contributed by atoms with Gasteiger partial charge in [0.05, 0.1) is 11.0 Å². The molecule has 1 aromatic carbocycles. The number of aromatic nitrogens is 2. The number of aliphatic hydroxyl groups is 1. The van der Waals surface area contributed by atoms with Crippen LogP contribution in [-0.2, 0) is 11.3 Å². The smallest absolute Gasteiger partial charge is 0.240 e. The zero-order valence-electron chi connectivity index (χ0n) is 12.2. The van der Waals surface area contributed by atoms with Crippen molar-refractivity contribution in [1.29, 1.82) is 0 Å². The molecule has 21 heavy (non-hydrogen) atoms. The highest BCUT2D eigenvalue weighted by atomic mass is 16.3. The molecule has 1 aromatic heterocycles. The van der Waals surface area contributed by atoms with Crippen molar-refractivity contribution in [3.05, 3.63) is 30.1 Å². The van der Waals surface area contributed by atoms with Gasteiger partial charge < -0.3 is 15.0 Å². The molecule has 1 fully saturated rings. The first-order chi connectivity index (χ1) is 10.1. The highest BCUT2D eigenvalue weighted by molar-refractivity contribution is 5.81. The first-order valence-electron chi connectivity index (χ1n) is 7.58. The summed E-state index contributed by atoms with van der Waals surface area (Å²) in [5.41, 5.74) is 1.69. The predicted molar refractivity (Wildman–Crippen MR) is 80.8 cm³/mol. The molecule has 2 aromatic rings. The van der Waals surface area contributed by atoms with E-state index in [1.165, 1.54) is 12.8 Å². The van der Waals surface area contributed by atoms with Crippen LogP contribution in [-0.4, -0.2) is 26.6 Å². The molecule has 0 spiro atoms. The fourth-order valence-electron chi connectivity index (χ4n) is 3.07. The molecule has 0 bridgehead atoms. The summed E-state index contributed by atoms with van der Waals surface area (Å²) in [6.45, 7) is 1.88. The van der Waals surface area contributed by atoms with Crippen LogP contribution < -0.4 is 5.32 Å². The number of rotatable bonds is 4. The zero-order valence-corrected chi connectivity index (χ0v) is 12.2. The number of carbonyl (C=O) groups is 1. The summed E-state index contributed by atoms with van der Waals surface area (Å²) in [7, 11) is 0. The van der Waals surface area contributed by atoms with Crippen LogP contribution in [0.3, 0.4) is 0 Å². The lowest BCUT2D eigenvalue weighted by Gasteiger charge is -2.14. The Morgan fingerprint density at radius 1 is 1.43 bits per heavy atom. The first-order valence-corrected chi connectivity index (χ1v) is 7.58. The van der Waals surface area contributed by atoms with Gasteiger partial charge in [-0.05, 0) is 31.9 Å². The summed E-state index contributed by atoms with van der Waals surface area (Å²) in [5, 5.41) is 13.0. The Kier molecular flexibility index (Phi) is 3.92. The van der Waals surface area contributed by atoms with Crippen molar-refractivity contribution in [3.8, 4) is 0 Å². The minimum Gasteiger partial charge on any atom is -0.385 e. The number of imidazole rings is 1. The van der Waals surface area contributed by atoms with E-state index in [9.17, 15) is 9.90 Å². The fourth-order valence-corrected chi connectivity index (χ4v) is 3.07. The molecule has 1 heterocycles. The van der Waals surface area contributed by atoms with E-state index in [0.717, 1.165) is 23.9 Å². The summed E-state index contributed by atoms with van der Waals surface area (Å²) >= 11 is 0. The van der Waals surface area contributed by atoms with Crippen LogP contribution in [0.2, 0.25) is 0 Å². The van der Waals surface area contributed by atoms with Crippen LogP contribution in [0.5, 0.6) is 0 Å². The maximum atomic E-state index is 12.2. The second-order valence-corrected chi connectivity index (χ2v) is 5.77. The molecule has 112 valence electrons. The molecule has 5 heteroatoms. The lowest BCUT2D eigenvalue weighted by molar-refractivity contribution is -0.122. The molecule has 1 amide bonds. The Balaban J connectivity index is 1.84. The van der Waals surface area contributed by atoms with Gasteiger partial charge in [-0.25, -0.2) is 4.98 Å². The van der Waals surface area contributed by atoms with Crippen molar-refractivity contribution in [2.45, 2.75) is 51.3 Å². The molecule has 1 saturated carbocycles. The molecule has 5 nitrogen and oxygen atoms in total. The number of nitrogens with one attached hydrogen (secondary N) is 1. The van der Waals surface area contributed by atoms with Crippen molar-refractivity contribution in [3.63, 3.8) is 0 Å². The Morgan fingerprint density at radius 3 is 2.86 bits per heavy atom. The number of para-hydroxylation sites is 2. The number of fused-ring (bicyclic) bond motifs is 1. The van der Waals surface area contributed by atoms with Crippen LogP contribution in [0.15, 0.2) is 24.3 Å². The SMILES string of the molecule is CC(O)c1nc2ccccc2n1CC(=O)NC1CCCC1. The summed E-state index contributed by atoms with van der Waals surface area (Å²) < 4.78 is 1.81. The van der Waals surface area contributed by atoms with Crippen molar-refractivity contribution in [1.82, 2.24) is 14.9 Å². The number of hydrogen-bond acceptors (Lipinski definition) is 3. The average molecular weight is 287 g/mol. The van der Waals surface area contributed by atoms with Crippen LogP contribution >= 0.6 is 0 Å². The maximum Gasteiger partial charge on any atom is 0.240 e. The Labute approximate surface area is 124 Å². The molecule has 1 unspecified atom stereocenters. The Morgan fingerprint density at radius 2 is 2.14 bits per heavy atom. The van der Waals surface area contributed by atoms with Gasteiger partial charge >= 0.3 is 0 Å². The van der Waals surface area contributed by atoms with E-state index in [1.807, 2.05) is 28.8 Å². The van der Waals surface area contributed by atoms with E-state index in [-0.39, 0.29) is 12.5 Å². The van der Waals surface area contributed by atoms with E-state index in [4.69, 9.17) is 0 Å². The van der Waals surface area contributed by atoms with Gasteiger partial charge in [-0.2, -0.15) is 0 Å². The molecule has 1 aliphatic rings. The topological polar surface area (TPSA) is 67.2 Å². The highest BCUT2D eigenvalue weighted by Crippen LogP contribution is 2.21. The third-order valence-corrected chi connectivity index (χ3v) is 4.08. The number of aliphatic hydroxyl groups excluding tert-OH is 1. The van der Waals surface area contributed by atoms with Crippen LogP contribution in [0.4, 0.5) is 0 Å². The highest BCUT2D eigenvalue weighted by Gasteiger charge is 2.20. The van der Waals surface area contributed by atoms with Gasteiger partial charge in [-0.1, -0.05) is 25.0 Å². The maximum absolute atomic E-state index is 12.2. The normalized spacial score (nSPS) is 17.2. The summed E-state index contributed by atoms with van der Waals surface area (Å²) in [4.78, 5) is 16.7. The lowest BCUT2D eigenvalue weighted by atomic mass is 10.2. The number of amides is 1. The van der Waals surface area contributed by atoms with Crippen molar-refractivity contribution in [2.24, 2.45) is 0 Å². The molecule has 0 aliphatic heterocycles. The minimum atomic E-state index is -0.698. The first kappa shape index (κ1) is 14.1. The molecule has 2 N–H and O–H groups in total. The summed E-state index contributed by atoms with van der Waals surface area (Å²) in [6.07, 6.45) is 3.83. The lowest BCUT2D eigenvalue weighted by Crippen LogP contribution is -2.35. The van der Waals surface area contributed by atoms with Crippen molar-refractivity contribution >= 4 is 16.9 Å². The molecule has 0 saturated heterocycles.